The quantitative estimate of drug-likeness (QED) is 0.776. The number of phenolic OH excluding ortho intramolecular Hbond substituents is 1. The molecule has 0 amide bonds. The number of hydrogen-bond donors (Lipinski definition) is 2. The number of aromatic hydroxyl groups is 1. The van der Waals surface area contributed by atoms with Crippen molar-refractivity contribution in [1.29, 1.82) is 0 Å². The smallest absolute Gasteiger partial charge is 0.336 e. The van der Waals surface area contributed by atoms with Crippen molar-refractivity contribution in [2.45, 2.75) is 19.8 Å². The van der Waals surface area contributed by atoms with E-state index in [1.807, 2.05) is 6.92 Å². The average molecular weight is 310 g/mol. The van der Waals surface area contributed by atoms with Crippen LogP contribution in [0, 0.1) is 0 Å². The van der Waals surface area contributed by atoms with E-state index in [1.54, 1.807) is 12.1 Å². The minimum Gasteiger partial charge on any atom is -0.507 e. The summed E-state index contributed by atoms with van der Waals surface area (Å²) >= 11 is 0. The highest BCUT2D eigenvalue weighted by Gasteiger charge is 2.36. The normalized spacial score (nSPS) is 12.7. The summed E-state index contributed by atoms with van der Waals surface area (Å²) in [7, 11) is 0. The maximum atomic E-state index is 12.7. The lowest BCUT2D eigenvalue weighted by molar-refractivity contribution is 0.0692. The van der Waals surface area contributed by atoms with Crippen molar-refractivity contribution in [3.05, 3.63) is 63.7 Å². The molecule has 5 heteroatoms. The highest BCUT2D eigenvalue weighted by Crippen LogP contribution is 2.37. The van der Waals surface area contributed by atoms with Crippen LogP contribution >= 0.6 is 0 Å². The molecular formula is C18H14O5. The molecule has 2 aromatic rings. The molecule has 116 valence electrons. The zero-order valence-electron chi connectivity index (χ0n) is 12.4. The van der Waals surface area contributed by atoms with Crippen LogP contribution in [0.3, 0.4) is 0 Å². The van der Waals surface area contributed by atoms with E-state index in [0.29, 0.717) is 18.4 Å². The molecule has 0 saturated heterocycles. The van der Waals surface area contributed by atoms with Crippen LogP contribution in [0.4, 0.5) is 0 Å². The fraction of sp³-hybridized carbons (Fsp3) is 0.167. The Morgan fingerprint density at radius 1 is 1.04 bits per heavy atom. The maximum absolute atomic E-state index is 12.7. The number of fused-ring (bicyclic) bond motifs is 2. The molecule has 0 bridgehead atoms. The first-order valence-corrected chi connectivity index (χ1v) is 7.27. The zero-order valence-corrected chi connectivity index (χ0v) is 12.4. The van der Waals surface area contributed by atoms with E-state index in [9.17, 15) is 24.6 Å². The molecule has 0 heterocycles. The standard InChI is InChI=1S/C18H14O5/c1-2-5-9-8-12(18(22)23)13-14(15(9)19)17(21)11-7-4-3-6-10(11)16(13)20/h3-4,6-8,19H,2,5H2,1H3,(H,22,23). The molecule has 5 nitrogen and oxygen atoms in total. The Hall–Kier alpha value is -2.95. The van der Waals surface area contributed by atoms with Crippen LogP contribution in [0.2, 0.25) is 0 Å². The number of carbonyl (C=O) groups is 3. The monoisotopic (exact) mass is 310 g/mol. The number of carbonyl (C=O) groups excluding carboxylic acids is 2. The van der Waals surface area contributed by atoms with Gasteiger partial charge in [-0.05, 0) is 18.1 Å². The Kier molecular flexibility index (Phi) is 3.48. The van der Waals surface area contributed by atoms with Crippen molar-refractivity contribution in [3.63, 3.8) is 0 Å². The Labute approximate surface area is 132 Å². The molecule has 0 unspecified atom stereocenters. The minimum absolute atomic E-state index is 0.162. The molecule has 2 aromatic carbocycles. The molecule has 3 rings (SSSR count). The van der Waals surface area contributed by atoms with Crippen molar-refractivity contribution >= 4 is 17.5 Å². The van der Waals surface area contributed by atoms with E-state index in [1.165, 1.54) is 18.2 Å². The highest BCUT2D eigenvalue weighted by atomic mass is 16.4. The molecule has 0 aromatic heterocycles. The summed E-state index contributed by atoms with van der Waals surface area (Å²) in [6.45, 7) is 1.88. The fourth-order valence-corrected chi connectivity index (χ4v) is 2.96. The summed E-state index contributed by atoms with van der Waals surface area (Å²) in [4.78, 5) is 36.9. The summed E-state index contributed by atoms with van der Waals surface area (Å²) < 4.78 is 0. The summed E-state index contributed by atoms with van der Waals surface area (Å²) in [5.74, 6) is -2.65. The third kappa shape index (κ3) is 2.12. The second-order valence-corrected chi connectivity index (χ2v) is 5.44. The lowest BCUT2D eigenvalue weighted by Crippen LogP contribution is -2.24. The van der Waals surface area contributed by atoms with Gasteiger partial charge < -0.3 is 10.2 Å². The second kappa shape index (κ2) is 5.35. The molecular weight excluding hydrogens is 296 g/mol. The number of rotatable bonds is 3. The number of aromatic carboxylic acids is 1. The van der Waals surface area contributed by atoms with E-state index >= 15 is 0 Å². The van der Waals surface area contributed by atoms with E-state index in [4.69, 9.17) is 0 Å². The molecule has 0 atom stereocenters. The molecule has 1 aliphatic rings. The Morgan fingerprint density at radius 3 is 2.13 bits per heavy atom. The van der Waals surface area contributed by atoms with Crippen molar-refractivity contribution in [1.82, 2.24) is 0 Å². The molecule has 1 aliphatic carbocycles. The van der Waals surface area contributed by atoms with Crippen LogP contribution in [-0.2, 0) is 6.42 Å². The largest absolute Gasteiger partial charge is 0.507 e. The number of carboxylic acid groups (broad SMARTS) is 1. The number of benzene rings is 2. The van der Waals surface area contributed by atoms with Crippen LogP contribution in [-0.4, -0.2) is 27.7 Å². The molecule has 0 spiro atoms. The summed E-state index contributed by atoms with van der Waals surface area (Å²) in [6, 6.07) is 7.52. The number of phenols is 1. The van der Waals surface area contributed by atoms with Crippen molar-refractivity contribution in [3.8, 4) is 5.75 Å². The number of aryl methyl sites for hydroxylation is 1. The van der Waals surface area contributed by atoms with Gasteiger partial charge in [-0.15, -0.1) is 0 Å². The second-order valence-electron chi connectivity index (χ2n) is 5.44. The van der Waals surface area contributed by atoms with Crippen LogP contribution in [0.5, 0.6) is 5.75 Å². The molecule has 0 saturated carbocycles. The number of ketones is 2. The minimum atomic E-state index is -1.29. The Morgan fingerprint density at radius 2 is 1.61 bits per heavy atom. The van der Waals surface area contributed by atoms with Gasteiger partial charge in [0, 0.05) is 11.1 Å². The van der Waals surface area contributed by atoms with Gasteiger partial charge in [-0.25, -0.2) is 4.79 Å². The first-order valence-electron chi connectivity index (χ1n) is 7.27. The van der Waals surface area contributed by atoms with Gasteiger partial charge in [-0.1, -0.05) is 37.6 Å². The van der Waals surface area contributed by atoms with Crippen LogP contribution in [0.15, 0.2) is 30.3 Å². The topological polar surface area (TPSA) is 91.7 Å². The lowest BCUT2D eigenvalue weighted by atomic mass is 9.80. The highest BCUT2D eigenvalue weighted by molar-refractivity contribution is 6.31. The third-order valence-electron chi connectivity index (χ3n) is 4.00. The van der Waals surface area contributed by atoms with Crippen LogP contribution in [0.1, 0.15) is 61.1 Å². The molecule has 0 radical (unpaired) electrons. The van der Waals surface area contributed by atoms with Gasteiger partial charge in [0.2, 0.25) is 0 Å². The third-order valence-corrected chi connectivity index (χ3v) is 4.00. The number of carboxylic acids is 1. The fourth-order valence-electron chi connectivity index (χ4n) is 2.96. The van der Waals surface area contributed by atoms with Gasteiger partial charge in [0.25, 0.3) is 0 Å². The Bertz CT molecular complexity index is 864. The summed E-state index contributed by atoms with van der Waals surface area (Å²) in [5.41, 5.74) is 0.0503. The SMILES string of the molecule is CCCc1cc(C(=O)O)c2c(c1O)C(=O)c1ccccc1C2=O. The van der Waals surface area contributed by atoms with E-state index in [0.717, 1.165) is 0 Å². The van der Waals surface area contributed by atoms with Gasteiger partial charge in [-0.3, -0.25) is 9.59 Å². The van der Waals surface area contributed by atoms with Gasteiger partial charge >= 0.3 is 5.97 Å². The summed E-state index contributed by atoms with van der Waals surface area (Å²) in [5, 5.41) is 19.9. The van der Waals surface area contributed by atoms with Crippen LogP contribution in [0.25, 0.3) is 0 Å². The van der Waals surface area contributed by atoms with Crippen LogP contribution < -0.4 is 0 Å². The van der Waals surface area contributed by atoms with Crippen molar-refractivity contribution < 1.29 is 24.6 Å². The summed E-state index contributed by atoms with van der Waals surface area (Å²) in [6.07, 6.45) is 1.09. The predicted molar refractivity (Wildman–Crippen MR) is 82.4 cm³/mol. The van der Waals surface area contributed by atoms with Gasteiger partial charge in [-0.2, -0.15) is 0 Å². The first kappa shape index (κ1) is 15.0. The number of hydrogen-bond acceptors (Lipinski definition) is 4. The molecule has 23 heavy (non-hydrogen) atoms. The zero-order chi connectivity index (χ0) is 16.7. The van der Waals surface area contributed by atoms with Gasteiger partial charge in [0.1, 0.15) is 5.75 Å². The average Bonchev–Trinajstić information content (AvgIpc) is 2.54. The van der Waals surface area contributed by atoms with Crippen molar-refractivity contribution in [2.75, 3.05) is 0 Å². The van der Waals surface area contributed by atoms with Gasteiger partial charge in [0.15, 0.2) is 11.6 Å². The molecule has 2 N–H and O–H groups in total. The lowest BCUT2D eigenvalue weighted by Gasteiger charge is -2.21. The maximum Gasteiger partial charge on any atom is 0.336 e. The first-order chi connectivity index (χ1) is 11.0. The molecule has 0 fully saturated rings. The van der Waals surface area contributed by atoms with Crippen molar-refractivity contribution in [2.24, 2.45) is 0 Å². The predicted octanol–water partition coefficient (Wildman–Crippen LogP) is 2.82. The van der Waals surface area contributed by atoms with E-state index < -0.39 is 17.5 Å². The van der Waals surface area contributed by atoms with E-state index in [2.05, 4.69) is 0 Å². The van der Waals surface area contributed by atoms with E-state index in [-0.39, 0.29) is 33.6 Å². The van der Waals surface area contributed by atoms with Gasteiger partial charge in [0.05, 0.1) is 16.7 Å². The Balaban J connectivity index is 2.39. The molecule has 0 aliphatic heterocycles.